The van der Waals surface area contributed by atoms with E-state index < -0.39 is 5.41 Å². The second-order valence-electron chi connectivity index (χ2n) is 5.26. The molecule has 1 heterocycles. The lowest BCUT2D eigenvalue weighted by Gasteiger charge is -2.38. The molecule has 106 valence electrons. The summed E-state index contributed by atoms with van der Waals surface area (Å²) in [5.41, 5.74) is 1.11. The van der Waals surface area contributed by atoms with E-state index in [0.717, 1.165) is 36.1 Å². The van der Waals surface area contributed by atoms with Gasteiger partial charge < -0.3 is 9.30 Å². The number of aryl methyl sites for hydroxylation is 1. The van der Waals surface area contributed by atoms with E-state index >= 15 is 0 Å². The average Bonchev–Trinajstić information content (AvgIpc) is 2.68. The van der Waals surface area contributed by atoms with Gasteiger partial charge in [-0.25, -0.2) is 4.98 Å². The Morgan fingerprint density at radius 2 is 2.25 bits per heavy atom. The number of para-hydroxylation sites is 1. The zero-order valence-corrected chi connectivity index (χ0v) is 12.4. The predicted molar refractivity (Wildman–Crippen MR) is 77.9 cm³/mol. The molecule has 0 bridgehead atoms. The first kappa shape index (κ1) is 13.4. The third-order valence-corrected chi connectivity index (χ3v) is 4.45. The van der Waals surface area contributed by atoms with E-state index in [0.29, 0.717) is 11.6 Å². The molecule has 2 aromatic rings. The molecule has 0 unspecified atom stereocenters. The van der Waals surface area contributed by atoms with E-state index in [4.69, 9.17) is 16.3 Å². The van der Waals surface area contributed by atoms with E-state index in [2.05, 4.69) is 4.98 Å². The summed E-state index contributed by atoms with van der Waals surface area (Å²) < 4.78 is 7.20. The van der Waals surface area contributed by atoms with E-state index in [1.54, 1.807) is 0 Å². The van der Waals surface area contributed by atoms with Crippen LogP contribution in [0.4, 0.5) is 0 Å². The minimum absolute atomic E-state index is 0.166. The number of benzene rings is 1. The number of halogens is 1. The molecule has 1 fully saturated rings. The smallest absolute Gasteiger partial charge is 0.319 e. The first-order valence-electron chi connectivity index (χ1n) is 6.89. The number of fused-ring (bicyclic) bond motifs is 1. The number of esters is 1. The summed E-state index contributed by atoms with van der Waals surface area (Å²) in [6.45, 7) is 2.22. The largest absolute Gasteiger partial charge is 0.465 e. The molecule has 1 aliphatic carbocycles. The van der Waals surface area contributed by atoms with Crippen molar-refractivity contribution < 1.29 is 9.53 Å². The van der Waals surface area contributed by atoms with Crippen molar-refractivity contribution in [3.05, 3.63) is 29.0 Å². The third kappa shape index (κ3) is 1.74. The van der Waals surface area contributed by atoms with Crippen molar-refractivity contribution in [3.63, 3.8) is 0 Å². The fraction of sp³-hybridized carbons (Fsp3) is 0.467. The van der Waals surface area contributed by atoms with Crippen molar-refractivity contribution in [2.75, 3.05) is 6.61 Å². The lowest BCUT2D eigenvalue weighted by atomic mass is 9.68. The van der Waals surface area contributed by atoms with Gasteiger partial charge in [-0.15, -0.1) is 0 Å². The van der Waals surface area contributed by atoms with E-state index in [9.17, 15) is 4.79 Å². The fourth-order valence-corrected chi connectivity index (χ4v) is 3.26. The van der Waals surface area contributed by atoms with Gasteiger partial charge in [0, 0.05) is 7.05 Å². The van der Waals surface area contributed by atoms with Gasteiger partial charge in [0.1, 0.15) is 11.2 Å². The van der Waals surface area contributed by atoms with Gasteiger partial charge >= 0.3 is 5.97 Å². The monoisotopic (exact) mass is 292 g/mol. The fourth-order valence-electron chi connectivity index (χ4n) is 2.97. The number of nitrogens with zero attached hydrogens (tertiary/aromatic N) is 2. The van der Waals surface area contributed by atoms with E-state index in [1.165, 1.54) is 0 Å². The maximum atomic E-state index is 12.4. The highest BCUT2D eigenvalue weighted by molar-refractivity contribution is 6.35. The third-order valence-electron chi connectivity index (χ3n) is 4.15. The van der Waals surface area contributed by atoms with Gasteiger partial charge in [-0.05, 0) is 31.9 Å². The number of carbonyl (C=O) groups is 1. The van der Waals surface area contributed by atoms with Gasteiger partial charge in [-0.3, -0.25) is 4.79 Å². The van der Waals surface area contributed by atoms with Crippen molar-refractivity contribution in [1.82, 2.24) is 9.55 Å². The highest BCUT2D eigenvalue weighted by Crippen LogP contribution is 2.45. The minimum atomic E-state index is -0.590. The second kappa shape index (κ2) is 4.77. The standard InChI is InChI=1S/C15H17ClN2O2/c1-3-20-14(19)15(8-5-9-15)13-17-11-7-4-6-10(16)12(11)18(13)2/h4,6-7H,3,5,8-9H2,1-2H3. The van der Waals surface area contributed by atoms with Crippen LogP contribution in [-0.2, 0) is 22.0 Å². The Kier molecular flexibility index (Phi) is 3.21. The molecule has 0 N–H and O–H groups in total. The molecule has 1 aromatic heterocycles. The van der Waals surface area contributed by atoms with Crippen LogP contribution in [0.5, 0.6) is 0 Å². The molecule has 0 saturated heterocycles. The first-order valence-corrected chi connectivity index (χ1v) is 7.26. The molecule has 0 amide bonds. The van der Waals surface area contributed by atoms with Gasteiger partial charge in [0.05, 0.1) is 22.7 Å². The maximum absolute atomic E-state index is 12.4. The Labute approximate surface area is 122 Å². The summed E-state index contributed by atoms with van der Waals surface area (Å²) in [4.78, 5) is 17.0. The number of rotatable bonds is 3. The Morgan fingerprint density at radius 3 is 2.80 bits per heavy atom. The normalized spacial score (nSPS) is 16.9. The number of ether oxygens (including phenoxy) is 1. The summed E-state index contributed by atoms with van der Waals surface area (Å²) >= 11 is 6.25. The molecule has 0 radical (unpaired) electrons. The molecule has 1 saturated carbocycles. The molecular formula is C15H17ClN2O2. The van der Waals surface area contributed by atoms with Crippen LogP contribution in [0.2, 0.25) is 5.02 Å². The Morgan fingerprint density at radius 1 is 1.50 bits per heavy atom. The van der Waals surface area contributed by atoms with Gasteiger partial charge in [-0.2, -0.15) is 0 Å². The lowest BCUT2D eigenvalue weighted by Crippen LogP contribution is -2.45. The molecule has 20 heavy (non-hydrogen) atoms. The quantitative estimate of drug-likeness (QED) is 0.816. The van der Waals surface area contributed by atoms with Gasteiger partial charge in [0.2, 0.25) is 0 Å². The molecular weight excluding hydrogens is 276 g/mol. The molecule has 5 heteroatoms. The maximum Gasteiger partial charge on any atom is 0.319 e. The Balaban J connectivity index is 2.16. The van der Waals surface area contributed by atoms with Crippen LogP contribution in [0, 0.1) is 0 Å². The van der Waals surface area contributed by atoms with Gasteiger partial charge in [0.15, 0.2) is 0 Å². The summed E-state index contributed by atoms with van der Waals surface area (Å²) in [5, 5.41) is 0.655. The van der Waals surface area contributed by atoms with Crippen LogP contribution >= 0.6 is 11.6 Å². The molecule has 0 aliphatic heterocycles. The summed E-state index contributed by atoms with van der Waals surface area (Å²) in [6, 6.07) is 5.63. The molecule has 3 rings (SSSR count). The van der Waals surface area contributed by atoms with Crippen LogP contribution in [-0.4, -0.2) is 22.1 Å². The van der Waals surface area contributed by atoms with E-state index in [-0.39, 0.29) is 5.97 Å². The van der Waals surface area contributed by atoms with Crippen molar-refractivity contribution in [1.29, 1.82) is 0 Å². The zero-order valence-electron chi connectivity index (χ0n) is 11.6. The number of aromatic nitrogens is 2. The molecule has 0 atom stereocenters. The number of carbonyl (C=O) groups excluding carboxylic acids is 1. The van der Waals surface area contributed by atoms with Crippen LogP contribution < -0.4 is 0 Å². The highest BCUT2D eigenvalue weighted by atomic mass is 35.5. The number of imidazole rings is 1. The summed E-state index contributed by atoms with van der Waals surface area (Å²) in [6.07, 6.45) is 2.61. The second-order valence-corrected chi connectivity index (χ2v) is 5.67. The van der Waals surface area contributed by atoms with Crippen LogP contribution in [0.15, 0.2) is 18.2 Å². The van der Waals surface area contributed by atoms with Crippen molar-refractivity contribution in [2.45, 2.75) is 31.6 Å². The van der Waals surface area contributed by atoms with Gasteiger partial charge in [0.25, 0.3) is 0 Å². The van der Waals surface area contributed by atoms with E-state index in [1.807, 2.05) is 36.7 Å². The Hall–Kier alpha value is -1.55. The molecule has 0 spiro atoms. The summed E-state index contributed by atoms with van der Waals surface area (Å²) in [5.74, 6) is 0.603. The molecule has 1 aromatic carbocycles. The summed E-state index contributed by atoms with van der Waals surface area (Å²) in [7, 11) is 1.91. The lowest BCUT2D eigenvalue weighted by molar-refractivity contribution is -0.154. The van der Waals surface area contributed by atoms with Crippen LogP contribution in [0.1, 0.15) is 32.0 Å². The number of hydrogen-bond acceptors (Lipinski definition) is 3. The molecule has 1 aliphatic rings. The Bertz CT molecular complexity index is 674. The van der Waals surface area contributed by atoms with Crippen LogP contribution in [0.25, 0.3) is 11.0 Å². The first-order chi connectivity index (χ1) is 9.60. The van der Waals surface area contributed by atoms with Crippen molar-refractivity contribution in [2.24, 2.45) is 7.05 Å². The zero-order chi connectivity index (χ0) is 14.3. The molecule has 4 nitrogen and oxygen atoms in total. The highest BCUT2D eigenvalue weighted by Gasteiger charge is 2.50. The van der Waals surface area contributed by atoms with Crippen molar-refractivity contribution in [3.8, 4) is 0 Å². The van der Waals surface area contributed by atoms with Gasteiger partial charge in [-0.1, -0.05) is 24.1 Å². The topological polar surface area (TPSA) is 44.1 Å². The average molecular weight is 293 g/mol. The predicted octanol–water partition coefficient (Wildman–Crippen LogP) is 3.21. The van der Waals surface area contributed by atoms with Crippen molar-refractivity contribution >= 4 is 28.6 Å². The number of hydrogen-bond donors (Lipinski definition) is 0. The van der Waals surface area contributed by atoms with Crippen LogP contribution in [0.3, 0.4) is 0 Å². The SMILES string of the molecule is CCOC(=O)C1(c2nc3cccc(Cl)c3n2C)CCC1. The minimum Gasteiger partial charge on any atom is -0.465 e.